The van der Waals surface area contributed by atoms with Gasteiger partial charge in [0.2, 0.25) is 0 Å². The maximum absolute atomic E-state index is 10.1. The molecule has 0 aliphatic rings. The lowest BCUT2D eigenvalue weighted by Crippen LogP contribution is -2.26. The molecule has 3 nitrogen and oxygen atoms in total. The van der Waals surface area contributed by atoms with Crippen molar-refractivity contribution < 1.29 is 10.2 Å². The molecule has 0 aromatic heterocycles. The topological polar surface area (TPSA) is 52.5 Å². The molecule has 2 aromatic rings. The van der Waals surface area contributed by atoms with Gasteiger partial charge in [0, 0.05) is 5.69 Å². The maximum Gasteiger partial charge on any atom is 0.0810 e. The number of hydrogen-bond donors (Lipinski definition) is 3. The van der Waals surface area contributed by atoms with E-state index in [2.05, 4.69) is 5.32 Å². The van der Waals surface area contributed by atoms with Gasteiger partial charge in [-0.3, -0.25) is 0 Å². The van der Waals surface area contributed by atoms with Crippen molar-refractivity contribution in [1.29, 1.82) is 0 Å². The van der Waals surface area contributed by atoms with Gasteiger partial charge in [0.05, 0.1) is 18.8 Å². The first kappa shape index (κ1) is 13.6. The molecule has 0 fully saturated rings. The van der Waals surface area contributed by atoms with Crippen LogP contribution in [0.3, 0.4) is 0 Å². The molecule has 2 atom stereocenters. The summed E-state index contributed by atoms with van der Waals surface area (Å²) in [6.07, 6.45) is -0.107. The van der Waals surface area contributed by atoms with Crippen molar-refractivity contribution in [2.75, 3.05) is 11.9 Å². The minimum absolute atomic E-state index is 0.0151. The van der Waals surface area contributed by atoms with E-state index in [4.69, 9.17) is 0 Å². The molecule has 0 aliphatic heterocycles. The van der Waals surface area contributed by atoms with Gasteiger partial charge in [-0.1, -0.05) is 48.5 Å². The van der Waals surface area contributed by atoms with E-state index < -0.39 is 6.10 Å². The molecule has 0 spiro atoms. The summed E-state index contributed by atoms with van der Waals surface area (Å²) in [6, 6.07) is 19.0. The molecule has 0 amide bonds. The standard InChI is InChI=1S/C16H19NO2/c18-12-15(17-14-9-5-2-6-10-14)11-16(19)13-7-3-1-4-8-13/h1-10,15-19H,11-12H2. The van der Waals surface area contributed by atoms with Crippen LogP contribution < -0.4 is 5.32 Å². The molecule has 100 valence electrons. The quantitative estimate of drug-likeness (QED) is 0.745. The molecule has 19 heavy (non-hydrogen) atoms. The zero-order valence-corrected chi connectivity index (χ0v) is 10.7. The Bertz CT molecular complexity index is 473. The van der Waals surface area contributed by atoms with Crippen molar-refractivity contribution in [1.82, 2.24) is 0 Å². The highest BCUT2D eigenvalue weighted by molar-refractivity contribution is 5.43. The first-order valence-corrected chi connectivity index (χ1v) is 6.45. The van der Waals surface area contributed by atoms with Crippen LogP contribution >= 0.6 is 0 Å². The van der Waals surface area contributed by atoms with Crippen LogP contribution in [0, 0.1) is 0 Å². The van der Waals surface area contributed by atoms with Crippen molar-refractivity contribution in [2.45, 2.75) is 18.6 Å². The zero-order chi connectivity index (χ0) is 13.5. The van der Waals surface area contributed by atoms with Crippen molar-refractivity contribution in [3.8, 4) is 0 Å². The molecule has 3 N–H and O–H groups in total. The highest BCUT2D eigenvalue weighted by atomic mass is 16.3. The van der Waals surface area contributed by atoms with E-state index in [0.29, 0.717) is 6.42 Å². The van der Waals surface area contributed by atoms with E-state index in [1.165, 1.54) is 0 Å². The fourth-order valence-electron chi connectivity index (χ4n) is 2.03. The van der Waals surface area contributed by atoms with E-state index >= 15 is 0 Å². The van der Waals surface area contributed by atoms with E-state index in [9.17, 15) is 10.2 Å². The Hall–Kier alpha value is -1.84. The van der Waals surface area contributed by atoms with Crippen molar-refractivity contribution in [2.24, 2.45) is 0 Å². The Morgan fingerprint density at radius 1 is 0.895 bits per heavy atom. The lowest BCUT2D eigenvalue weighted by molar-refractivity contribution is 0.144. The van der Waals surface area contributed by atoms with E-state index in [1.807, 2.05) is 60.7 Å². The fraction of sp³-hybridized carbons (Fsp3) is 0.250. The minimum Gasteiger partial charge on any atom is -0.394 e. The van der Waals surface area contributed by atoms with Crippen LogP contribution in [0.15, 0.2) is 60.7 Å². The summed E-state index contributed by atoms with van der Waals surface area (Å²) in [5.41, 5.74) is 1.82. The summed E-state index contributed by atoms with van der Waals surface area (Å²) in [7, 11) is 0. The number of nitrogens with one attached hydrogen (secondary N) is 1. The van der Waals surface area contributed by atoms with E-state index in [1.54, 1.807) is 0 Å². The van der Waals surface area contributed by atoms with Gasteiger partial charge in [-0.2, -0.15) is 0 Å². The fourth-order valence-corrected chi connectivity index (χ4v) is 2.03. The number of para-hydroxylation sites is 1. The molecule has 2 unspecified atom stereocenters. The second-order valence-corrected chi connectivity index (χ2v) is 4.55. The third-order valence-corrected chi connectivity index (χ3v) is 3.06. The number of rotatable bonds is 6. The zero-order valence-electron chi connectivity index (χ0n) is 10.7. The number of aliphatic hydroxyl groups is 2. The first-order valence-electron chi connectivity index (χ1n) is 6.45. The summed E-state index contributed by atoms with van der Waals surface area (Å²) in [5, 5.41) is 22.8. The van der Waals surface area contributed by atoms with Gasteiger partial charge in [-0.25, -0.2) is 0 Å². The largest absolute Gasteiger partial charge is 0.394 e. The Morgan fingerprint density at radius 2 is 1.47 bits per heavy atom. The molecule has 0 heterocycles. The Balaban J connectivity index is 1.96. The SMILES string of the molecule is OCC(CC(O)c1ccccc1)Nc1ccccc1. The third-order valence-electron chi connectivity index (χ3n) is 3.06. The van der Waals surface area contributed by atoms with Crippen LogP contribution in [0.4, 0.5) is 5.69 Å². The van der Waals surface area contributed by atoms with Crippen LogP contribution in [0.5, 0.6) is 0 Å². The van der Waals surface area contributed by atoms with Gasteiger partial charge in [0.1, 0.15) is 0 Å². The summed E-state index contributed by atoms with van der Waals surface area (Å²) >= 11 is 0. The van der Waals surface area contributed by atoms with Gasteiger partial charge in [0.25, 0.3) is 0 Å². The number of hydrogen-bond acceptors (Lipinski definition) is 3. The molecule has 0 radical (unpaired) electrons. The van der Waals surface area contributed by atoms with Crippen LogP contribution in [-0.2, 0) is 0 Å². The third kappa shape index (κ3) is 4.09. The second kappa shape index (κ2) is 6.92. The molecule has 0 bridgehead atoms. The number of aliphatic hydroxyl groups excluding tert-OH is 2. The molecular formula is C16H19NO2. The summed E-state index contributed by atoms with van der Waals surface area (Å²) in [6.45, 7) is -0.0151. The average molecular weight is 257 g/mol. The van der Waals surface area contributed by atoms with Gasteiger partial charge < -0.3 is 15.5 Å². The maximum atomic E-state index is 10.1. The lowest BCUT2D eigenvalue weighted by atomic mass is 10.0. The van der Waals surface area contributed by atoms with Crippen LogP contribution in [0.2, 0.25) is 0 Å². The van der Waals surface area contributed by atoms with Crippen molar-refractivity contribution >= 4 is 5.69 Å². The first-order chi connectivity index (χ1) is 9.29. The molecule has 0 saturated heterocycles. The molecule has 0 aliphatic carbocycles. The summed E-state index contributed by atoms with van der Waals surface area (Å²) in [4.78, 5) is 0. The van der Waals surface area contributed by atoms with Crippen LogP contribution in [-0.4, -0.2) is 22.9 Å². The Labute approximate surface area is 113 Å². The second-order valence-electron chi connectivity index (χ2n) is 4.55. The summed E-state index contributed by atoms with van der Waals surface area (Å²) < 4.78 is 0. The number of anilines is 1. The van der Waals surface area contributed by atoms with Gasteiger partial charge in [-0.05, 0) is 24.1 Å². The Kier molecular flexibility index (Phi) is 4.95. The Morgan fingerprint density at radius 3 is 2.05 bits per heavy atom. The molecule has 0 saturated carbocycles. The molecular weight excluding hydrogens is 238 g/mol. The van der Waals surface area contributed by atoms with Crippen LogP contribution in [0.1, 0.15) is 18.1 Å². The smallest absolute Gasteiger partial charge is 0.0810 e. The lowest BCUT2D eigenvalue weighted by Gasteiger charge is -2.21. The molecule has 3 heteroatoms. The predicted molar refractivity (Wildman–Crippen MR) is 77.0 cm³/mol. The predicted octanol–water partition coefficient (Wildman–Crippen LogP) is 2.58. The van der Waals surface area contributed by atoms with E-state index in [0.717, 1.165) is 11.3 Å². The highest BCUT2D eigenvalue weighted by Gasteiger charge is 2.15. The van der Waals surface area contributed by atoms with Gasteiger partial charge >= 0.3 is 0 Å². The van der Waals surface area contributed by atoms with Crippen molar-refractivity contribution in [3.05, 3.63) is 66.2 Å². The highest BCUT2D eigenvalue weighted by Crippen LogP contribution is 2.19. The molecule has 2 rings (SSSR count). The number of benzene rings is 2. The molecule has 2 aromatic carbocycles. The van der Waals surface area contributed by atoms with Crippen LogP contribution in [0.25, 0.3) is 0 Å². The van der Waals surface area contributed by atoms with Crippen molar-refractivity contribution in [3.63, 3.8) is 0 Å². The van der Waals surface area contributed by atoms with Gasteiger partial charge in [0.15, 0.2) is 0 Å². The minimum atomic E-state index is -0.574. The normalized spacial score (nSPS) is 13.8. The monoisotopic (exact) mass is 257 g/mol. The van der Waals surface area contributed by atoms with Gasteiger partial charge in [-0.15, -0.1) is 0 Å². The summed E-state index contributed by atoms with van der Waals surface area (Å²) in [5.74, 6) is 0. The average Bonchev–Trinajstić information content (AvgIpc) is 2.48. The van der Waals surface area contributed by atoms with E-state index in [-0.39, 0.29) is 12.6 Å².